The summed E-state index contributed by atoms with van der Waals surface area (Å²) in [4.78, 5) is 11.4. The molecule has 0 atom stereocenters. The first kappa shape index (κ1) is 8.45. The summed E-state index contributed by atoms with van der Waals surface area (Å²) in [5.74, 6) is 0.711. The van der Waals surface area contributed by atoms with Gasteiger partial charge in [-0.3, -0.25) is 0 Å². The molecule has 0 radical (unpaired) electrons. The molecule has 1 heterocycles. The van der Waals surface area contributed by atoms with Crippen LogP contribution in [0, 0.1) is 6.92 Å². The molecule has 0 saturated carbocycles. The fourth-order valence-electron chi connectivity index (χ4n) is 0.675. The summed E-state index contributed by atoms with van der Waals surface area (Å²) in [6.45, 7) is 5.58. The third kappa shape index (κ3) is 2.19. The highest BCUT2D eigenvalue weighted by Gasteiger charge is 1.99. The molecule has 0 unspecified atom stereocenters. The van der Waals surface area contributed by atoms with E-state index in [0.29, 0.717) is 12.4 Å². The second kappa shape index (κ2) is 3.66. The third-order valence-electron chi connectivity index (χ3n) is 1.07. The van der Waals surface area contributed by atoms with Crippen LogP contribution in [-0.2, 0) is 0 Å². The van der Waals surface area contributed by atoms with Gasteiger partial charge in [0.2, 0.25) is 5.95 Å². The van der Waals surface area contributed by atoms with Crippen LogP contribution in [0.25, 0.3) is 0 Å². The number of nitrogens with two attached hydrogens (primary N) is 1. The van der Waals surface area contributed by atoms with Crippen molar-refractivity contribution in [3.8, 4) is 6.01 Å². The molecule has 0 aliphatic rings. The summed E-state index contributed by atoms with van der Waals surface area (Å²) < 4.78 is 5.06. The van der Waals surface area contributed by atoms with Crippen LogP contribution in [0.2, 0.25) is 0 Å². The SMILES string of the molecule is C=CCOc1nc(C)nc(N)n1. The Morgan fingerprint density at radius 1 is 1.50 bits per heavy atom. The Balaban J connectivity index is 2.78. The lowest BCUT2D eigenvalue weighted by Gasteiger charge is -2.01. The highest BCUT2D eigenvalue weighted by Crippen LogP contribution is 2.03. The molecule has 0 saturated heterocycles. The highest BCUT2D eigenvalue weighted by atomic mass is 16.5. The van der Waals surface area contributed by atoms with Crippen LogP contribution in [0.3, 0.4) is 0 Å². The number of ether oxygens (including phenoxy) is 1. The molecule has 2 N–H and O–H groups in total. The van der Waals surface area contributed by atoms with E-state index >= 15 is 0 Å². The van der Waals surface area contributed by atoms with Crippen molar-refractivity contribution >= 4 is 5.95 Å². The van der Waals surface area contributed by atoms with Gasteiger partial charge in [0, 0.05) is 0 Å². The maximum absolute atomic E-state index is 5.36. The van der Waals surface area contributed by atoms with E-state index in [1.165, 1.54) is 0 Å². The van der Waals surface area contributed by atoms with Gasteiger partial charge in [0.1, 0.15) is 12.4 Å². The summed E-state index contributed by atoms with van der Waals surface area (Å²) >= 11 is 0. The van der Waals surface area contributed by atoms with Gasteiger partial charge < -0.3 is 10.5 Å². The lowest BCUT2D eigenvalue weighted by atomic mass is 10.7. The Morgan fingerprint density at radius 2 is 2.25 bits per heavy atom. The highest BCUT2D eigenvalue weighted by molar-refractivity contribution is 5.17. The summed E-state index contributed by atoms with van der Waals surface area (Å²) in [6, 6.07) is 0.236. The summed E-state index contributed by atoms with van der Waals surface area (Å²) in [5.41, 5.74) is 5.36. The summed E-state index contributed by atoms with van der Waals surface area (Å²) in [7, 11) is 0. The number of rotatable bonds is 3. The molecule has 1 aromatic heterocycles. The van der Waals surface area contributed by atoms with Gasteiger partial charge in [-0.25, -0.2) is 0 Å². The number of hydrogen-bond acceptors (Lipinski definition) is 5. The average molecular weight is 166 g/mol. The minimum atomic E-state index is 0.168. The van der Waals surface area contributed by atoms with Gasteiger partial charge in [-0.2, -0.15) is 15.0 Å². The molecule has 1 rings (SSSR count). The van der Waals surface area contributed by atoms with E-state index in [9.17, 15) is 0 Å². The van der Waals surface area contributed by atoms with E-state index in [0.717, 1.165) is 0 Å². The van der Waals surface area contributed by atoms with E-state index < -0.39 is 0 Å². The Hall–Kier alpha value is -1.65. The summed E-state index contributed by atoms with van der Waals surface area (Å²) in [5, 5.41) is 0. The molecule has 5 heteroatoms. The lowest BCUT2D eigenvalue weighted by molar-refractivity contribution is 0.331. The van der Waals surface area contributed by atoms with Crippen LogP contribution < -0.4 is 10.5 Å². The van der Waals surface area contributed by atoms with E-state index in [1.54, 1.807) is 13.0 Å². The Labute approximate surface area is 70.3 Å². The molecule has 0 amide bonds. The Morgan fingerprint density at radius 3 is 2.83 bits per heavy atom. The first-order valence-electron chi connectivity index (χ1n) is 3.44. The summed E-state index contributed by atoms with van der Waals surface area (Å²) in [6.07, 6.45) is 1.61. The Kier molecular flexibility index (Phi) is 2.57. The van der Waals surface area contributed by atoms with Crippen molar-refractivity contribution in [1.82, 2.24) is 15.0 Å². The second-order valence-corrected chi connectivity index (χ2v) is 2.12. The number of anilines is 1. The van der Waals surface area contributed by atoms with Crippen molar-refractivity contribution in [3.05, 3.63) is 18.5 Å². The molecule has 12 heavy (non-hydrogen) atoms. The van der Waals surface area contributed by atoms with Crippen molar-refractivity contribution in [2.24, 2.45) is 0 Å². The lowest BCUT2D eigenvalue weighted by Crippen LogP contribution is -2.04. The number of nitrogen functional groups attached to an aromatic ring is 1. The molecule has 0 aliphatic carbocycles. The molecule has 1 aromatic rings. The quantitative estimate of drug-likeness (QED) is 0.655. The predicted molar refractivity (Wildman–Crippen MR) is 44.7 cm³/mol. The van der Waals surface area contributed by atoms with Crippen molar-refractivity contribution in [3.63, 3.8) is 0 Å². The van der Waals surface area contributed by atoms with Gasteiger partial charge in [0.15, 0.2) is 0 Å². The van der Waals surface area contributed by atoms with Gasteiger partial charge in [0.25, 0.3) is 0 Å². The normalized spacial score (nSPS) is 9.42. The van der Waals surface area contributed by atoms with Crippen LogP contribution in [0.1, 0.15) is 5.82 Å². The van der Waals surface area contributed by atoms with E-state index in [-0.39, 0.29) is 12.0 Å². The maximum atomic E-state index is 5.36. The smallest absolute Gasteiger partial charge is 0.321 e. The van der Waals surface area contributed by atoms with Gasteiger partial charge in [-0.1, -0.05) is 12.7 Å². The number of hydrogen-bond donors (Lipinski definition) is 1. The molecule has 0 aliphatic heterocycles. The van der Waals surface area contributed by atoms with Crippen molar-refractivity contribution in [2.45, 2.75) is 6.92 Å². The van der Waals surface area contributed by atoms with E-state index in [1.807, 2.05) is 0 Å². The zero-order chi connectivity index (χ0) is 8.97. The number of aryl methyl sites for hydroxylation is 1. The average Bonchev–Trinajstić information content (AvgIpc) is 1.99. The first-order valence-corrected chi connectivity index (χ1v) is 3.44. The van der Waals surface area contributed by atoms with Crippen LogP contribution in [0.4, 0.5) is 5.95 Å². The Bertz CT molecular complexity index is 266. The van der Waals surface area contributed by atoms with Crippen LogP contribution in [0.5, 0.6) is 6.01 Å². The first-order chi connectivity index (χ1) is 5.72. The standard InChI is InChI=1S/C7H10N4O/c1-3-4-12-7-10-5(2)9-6(8)11-7/h3H,1,4H2,2H3,(H2,8,9,10,11). The molecule has 0 bridgehead atoms. The zero-order valence-corrected chi connectivity index (χ0v) is 6.82. The van der Waals surface area contributed by atoms with Gasteiger partial charge in [0.05, 0.1) is 0 Å². The minimum absolute atomic E-state index is 0.168. The zero-order valence-electron chi connectivity index (χ0n) is 6.82. The largest absolute Gasteiger partial charge is 0.459 e. The molecule has 0 fully saturated rings. The third-order valence-corrected chi connectivity index (χ3v) is 1.07. The fourth-order valence-corrected chi connectivity index (χ4v) is 0.675. The van der Waals surface area contributed by atoms with Crippen LogP contribution >= 0.6 is 0 Å². The maximum Gasteiger partial charge on any atom is 0.321 e. The molecule has 0 aromatic carbocycles. The van der Waals surface area contributed by atoms with Crippen molar-refractivity contribution in [1.29, 1.82) is 0 Å². The molecular weight excluding hydrogens is 156 g/mol. The van der Waals surface area contributed by atoms with Gasteiger partial charge in [-0.15, -0.1) is 0 Å². The molecule has 64 valence electrons. The van der Waals surface area contributed by atoms with Gasteiger partial charge in [-0.05, 0) is 6.92 Å². The molecular formula is C7H10N4O. The van der Waals surface area contributed by atoms with Crippen LogP contribution in [0.15, 0.2) is 12.7 Å². The number of nitrogens with zero attached hydrogens (tertiary/aromatic N) is 3. The predicted octanol–water partition coefficient (Wildman–Crippen LogP) is 0.327. The monoisotopic (exact) mass is 166 g/mol. The second-order valence-electron chi connectivity index (χ2n) is 2.12. The van der Waals surface area contributed by atoms with Crippen LogP contribution in [-0.4, -0.2) is 21.6 Å². The van der Waals surface area contributed by atoms with E-state index in [4.69, 9.17) is 10.5 Å². The minimum Gasteiger partial charge on any atom is -0.459 e. The van der Waals surface area contributed by atoms with Crippen molar-refractivity contribution in [2.75, 3.05) is 12.3 Å². The topological polar surface area (TPSA) is 73.9 Å². The fraction of sp³-hybridized carbons (Fsp3) is 0.286. The molecule has 5 nitrogen and oxygen atoms in total. The van der Waals surface area contributed by atoms with E-state index in [2.05, 4.69) is 21.5 Å². The van der Waals surface area contributed by atoms with Crippen molar-refractivity contribution < 1.29 is 4.74 Å². The molecule has 0 spiro atoms. The number of aromatic nitrogens is 3. The van der Waals surface area contributed by atoms with Gasteiger partial charge >= 0.3 is 6.01 Å².